The summed E-state index contributed by atoms with van der Waals surface area (Å²) in [5.74, 6) is -1.33. The molecule has 0 aliphatic carbocycles. The summed E-state index contributed by atoms with van der Waals surface area (Å²) in [5, 5.41) is 0. The van der Waals surface area contributed by atoms with Crippen molar-refractivity contribution in [2.24, 2.45) is 0 Å². The third kappa shape index (κ3) is 4.39. The molecule has 2 aromatic rings. The van der Waals surface area contributed by atoms with Crippen LogP contribution in [0.4, 0.5) is 8.78 Å². The molecule has 0 amide bonds. The molecule has 1 unspecified atom stereocenters. The van der Waals surface area contributed by atoms with Crippen molar-refractivity contribution in [2.45, 2.75) is 44.0 Å². The van der Waals surface area contributed by atoms with Crippen molar-refractivity contribution in [3.8, 4) is 11.1 Å². The first-order valence-electron chi connectivity index (χ1n) is 7.95. The molecule has 0 spiro atoms. The number of halogens is 2. The van der Waals surface area contributed by atoms with Gasteiger partial charge in [-0.15, -0.1) is 0 Å². The molecule has 1 N–H and O–H groups in total. The van der Waals surface area contributed by atoms with Crippen molar-refractivity contribution in [1.82, 2.24) is 4.72 Å². The third-order valence-corrected chi connectivity index (χ3v) is 5.39. The maximum atomic E-state index is 13.8. The lowest BCUT2D eigenvalue weighted by Gasteiger charge is -2.16. The highest BCUT2D eigenvalue weighted by Gasteiger charge is 2.18. The van der Waals surface area contributed by atoms with Crippen LogP contribution in [0.3, 0.4) is 0 Å². The van der Waals surface area contributed by atoms with Crippen LogP contribution in [-0.4, -0.2) is 14.5 Å². The Hall–Kier alpha value is -1.79. The van der Waals surface area contributed by atoms with Crippen LogP contribution < -0.4 is 4.72 Å². The zero-order valence-electron chi connectivity index (χ0n) is 13.7. The van der Waals surface area contributed by atoms with E-state index in [1.807, 2.05) is 13.8 Å². The van der Waals surface area contributed by atoms with Crippen LogP contribution in [0.5, 0.6) is 0 Å². The summed E-state index contributed by atoms with van der Waals surface area (Å²) in [6.07, 6.45) is 2.38. The fourth-order valence-electron chi connectivity index (χ4n) is 2.52. The van der Waals surface area contributed by atoms with Crippen LogP contribution in [0.15, 0.2) is 47.4 Å². The highest BCUT2D eigenvalue weighted by atomic mass is 32.2. The largest absolute Gasteiger partial charge is 0.240 e. The summed E-state index contributed by atoms with van der Waals surface area (Å²) in [6, 6.07) is 9.10. The van der Waals surface area contributed by atoms with Gasteiger partial charge in [0.05, 0.1) is 4.90 Å². The van der Waals surface area contributed by atoms with Gasteiger partial charge in [0.25, 0.3) is 0 Å². The summed E-state index contributed by atoms with van der Waals surface area (Å²) in [7, 11) is -3.61. The fourth-order valence-corrected chi connectivity index (χ4v) is 3.87. The average Bonchev–Trinajstić information content (AvgIpc) is 2.54. The van der Waals surface area contributed by atoms with Crippen LogP contribution in [0.1, 0.15) is 33.1 Å². The van der Waals surface area contributed by atoms with Crippen molar-refractivity contribution in [2.75, 3.05) is 0 Å². The van der Waals surface area contributed by atoms with Gasteiger partial charge in [0.15, 0.2) is 0 Å². The highest BCUT2D eigenvalue weighted by Crippen LogP contribution is 2.25. The normalized spacial score (nSPS) is 13.0. The van der Waals surface area contributed by atoms with E-state index in [9.17, 15) is 17.2 Å². The molecule has 0 aliphatic heterocycles. The van der Waals surface area contributed by atoms with E-state index >= 15 is 0 Å². The zero-order valence-corrected chi connectivity index (χ0v) is 14.5. The van der Waals surface area contributed by atoms with Gasteiger partial charge < -0.3 is 0 Å². The number of rotatable bonds is 7. The van der Waals surface area contributed by atoms with Gasteiger partial charge in [-0.25, -0.2) is 21.9 Å². The number of hydrogen-bond donors (Lipinski definition) is 1. The summed E-state index contributed by atoms with van der Waals surface area (Å²) in [6.45, 7) is 3.94. The van der Waals surface area contributed by atoms with Crippen molar-refractivity contribution in [3.05, 3.63) is 54.1 Å². The standard InChI is InChI=1S/C18H21F2NO2S/c1-3-5-15(4-2)21-24(22,23)16-9-6-13(7-10-16)17-11-8-14(19)12-18(17)20/h6-12,15,21H,3-5H2,1-2H3. The molecule has 0 saturated heterocycles. The first-order chi connectivity index (χ1) is 11.4. The second kappa shape index (κ2) is 7.85. The van der Waals surface area contributed by atoms with E-state index in [1.54, 1.807) is 0 Å². The predicted octanol–water partition coefficient (Wildman–Crippen LogP) is 4.49. The number of benzene rings is 2. The minimum absolute atomic E-state index is 0.103. The molecular formula is C18H21F2NO2S. The van der Waals surface area contributed by atoms with Gasteiger partial charge in [0.1, 0.15) is 11.6 Å². The summed E-state index contributed by atoms with van der Waals surface area (Å²) < 4.78 is 54.3. The molecular weight excluding hydrogens is 332 g/mol. The third-order valence-electron chi connectivity index (χ3n) is 3.86. The molecule has 2 rings (SSSR count). The maximum Gasteiger partial charge on any atom is 0.240 e. The van der Waals surface area contributed by atoms with E-state index in [2.05, 4.69) is 4.72 Å². The van der Waals surface area contributed by atoms with E-state index in [0.717, 1.165) is 18.9 Å². The molecule has 0 saturated carbocycles. The summed E-state index contributed by atoms with van der Waals surface area (Å²) in [5.41, 5.74) is 0.720. The molecule has 0 bridgehead atoms. The molecule has 0 fully saturated rings. The quantitative estimate of drug-likeness (QED) is 0.797. The minimum Gasteiger partial charge on any atom is -0.208 e. The Morgan fingerprint density at radius 2 is 1.71 bits per heavy atom. The Morgan fingerprint density at radius 3 is 2.25 bits per heavy atom. The molecule has 1 atom stereocenters. The highest BCUT2D eigenvalue weighted by molar-refractivity contribution is 7.89. The summed E-state index contributed by atoms with van der Waals surface area (Å²) >= 11 is 0. The maximum absolute atomic E-state index is 13.8. The van der Waals surface area contributed by atoms with E-state index < -0.39 is 21.7 Å². The molecule has 3 nitrogen and oxygen atoms in total. The number of hydrogen-bond acceptors (Lipinski definition) is 2. The molecule has 0 aliphatic rings. The van der Waals surface area contributed by atoms with E-state index in [-0.39, 0.29) is 16.5 Å². The minimum atomic E-state index is -3.61. The molecule has 24 heavy (non-hydrogen) atoms. The van der Waals surface area contributed by atoms with E-state index in [1.165, 1.54) is 36.4 Å². The topological polar surface area (TPSA) is 46.2 Å². The zero-order chi connectivity index (χ0) is 17.7. The predicted molar refractivity (Wildman–Crippen MR) is 91.1 cm³/mol. The van der Waals surface area contributed by atoms with Crippen molar-refractivity contribution in [1.29, 1.82) is 0 Å². The van der Waals surface area contributed by atoms with Gasteiger partial charge in [-0.05, 0) is 42.7 Å². The lowest BCUT2D eigenvalue weighted by molar-refractivity contribution is 0.512. The van der Waals surface area contributed by atoms with Gasteiger partial charge >= 0.3 is 0 Å². The summed E-state index contributed by atoms with van der Waals surface area (Å²) in [4.78, 5) is 0.128. The Kier molecular flexibility index (Phi) is 6.07. The monoisotopic (exact) mass is 353 g/mol. The molecule has 0 heterocycles. The second-order valence-electron chi connectivity index (χ2n) is 5.66. The Bertz CT molecular complexity index is 789. The van der Waals surface area contributed by atoms with Crippen LogP contribution in [-0.2, 0) is 10.0 Å². The van der Waals surface area contributed by atoms with Gasteiger partial charge in [0.2, 0.25) is 10.0 Å². The first kappa shape index (κ1) is 18.5. The lowest BCUT2D eigenvalue weighted by atomic mass is 10.1. The van der Waals surface area contributed by atoms with Gasteiger partial charge in [0, 0.05) is 17.7 Å². The van der Waals surface area contributed by atoms with Crippen molar-refractivity contribution >= 4 is 10.0 Å². The fraction of sp³-hybridized carbons (Fsp3) is 0.333. The number of sulfonamides is 1. The molecule has 130 valence electrons. The van der Waals surface area contributed by atoms with Crippen LogP contribution >= 0.6 is 0 Å². The SMILES string of the molecule is CCCC(CC)NS(=O)(=O)c1ccc(-c2ccc(F)cc2F)cc1. The van der Waals surface area contributed by atoms with Crippen molar-refractivity contribution < 1.29 is 17.2 Å². The Labute approximate surface area is 141 Å². The lowest BCUT2D eigenvalue weighted by Crippen LogP contribution is -2.34. The average molecular weight is 353 g/mol. The number of nitrogens with one attached hydrogen (secondary N) is 1. The van der Waals surface area contributed by atoms with Crippen LogP contribution in [0.2, 0.25) is 0 Å². The van der Waals surface area contributed by atoms with Gasteiger partial charge in [-0.2, -0.15) is 0 Å². The van der Waals surface area contributed by atoms with E-state index in [4.69, 9.17) is 0 Å². The second-order valence-corrected chi connectivity index (χ2v) is 7.38. The van der Waals surface area contributed by atoms with Crippen LogP contribution in [0, 0.1) is 11.6 Å². The molecule has 2 aromatic carbocycles. The van der Waals surface area contributed by atoms with Gasteiger partial charge in [-0.1, -0.05) is 32.4 Å². The first-order valence-corrected chi connectivity index (χ1v) is 9.43. The van der Waals surface area contributed by atoms with Crippen molar-refractivity contribution in [3.63, 3.8) is 0 Å². The molecule has 0 radical (unpaired) electrons. The van der Waals surface area contributed by atoms with Gasteiger partial charge in [-0.3, -0.25) is 0 Å². The van der Waals surface area contributed by atoms with E-state index in [0.29, 0.717) is 12.0 Å². The Morgan fingerprint density at radius 1 is 1.04 bits per heavy atom. The smallest absolute Gasteiger partial charge is 0.208 e. The molecule has 0 aromatic heterocycles. The Balaban J connectivity index is 2.25. The molecule has 6 heteroatoms. The van der Waals surface area contributed by atoms with Crippen LogP contribution in [0.25, 0.3) is 11.1 Å².